The number of nitrogens with zero attached hydrogens (tertiary/aromatic N) is 1. The van der Waals surface area contributed by atoms with Gasteiger partial charge in [0.15, 0.2) is 0 Å². The topological polar surface area (TPSA) is 60.8 Å². The van der Waals surface area contributed by atoms with Crippen molar-refractivity contribution >= 4 is 6.09 Å². The highest BCUT2D eigenvalue weighted by atomic mass is 16.4. The van der Waals surface area contributed by atoms with Crippen LogP contribution in [0.3, 0.4) is 0 Å². The molecule has 0 bridgehead atoms. The highest BCUT2D eigenvalue weighted by Gasteiger charge is 2.35. The van der Waals surface area contributed by atoms with Crippen molar-refractivity contribution in [3.63, 3.8) is 0 Å². The van der Waals surface area contributed by atoms with Crippen LogP contribution in [0.25, 0.3) is 0 Å². The number of rotatable bonds is 4. The van der Waals surface area contributed by atoms with E-state index in [4.69, 9.17) is 5.11 Å². The standard InChI is InChI=1S/C13H17NO3/c15-9-11-6-12(7-11)14(13(16)17)8-10-4-2-1-3-5-10/h1-5,11-12,15H,6-9H2,(H,16,17)/t11-,12-. The second kappa shape index (κ2) is 5.19. The van der Waals surface area contributed by atoms with Gasteiger partial charge >= 0.3 is 6.09 Å². The molecule has 0 aliphatic heterocycles. The van der Waals surface area contributed by atoms with Crippen LogP contribution < -0.4 is 0 Å². The predicted molar refractivity (Wildman–Crippen MR) is 63.6 cm³/mol. The Morgan fingerprint density at radius 1 is 1.29 bits per heavy atom. The van der Waals surface area contributed by atoms with Crippen LogP contribution in [-0.4, -0.2) is 33.9 Å². The van der Waals surface area contributed by atoms with Crippen LogP contribution in [0, 0.1) is 5.92 Å². The molecule has 4 heteroatoms. The summed E-state index contributed by atoms with van der Waals surface area (Å²) < 4.78 is 0. The third-order valence-corrected chi connectivity index (χ3v) is 3.35. The molecule has 1 aromatic carbocycles. The number of aliphatic hydroxyl groups excluding tert-OH is 1. The summed E-state index contributed by atoms with van der Waals surface area (Å²) >= 11 is 0. The molecule has 92 valence electrons. The second-order valence-electron chi connectivity index (χ2n) is 4.57. The van der Waals surface area contributed by atoms with Gasteiger partial charge in [-0.15, -0.1) is 0 Å². The molecule has 1 aromatic rings. The first kappa shape index (κ1) is 11.9. The molecule has 0 aromatic heterocycles. The van der Waals surface area contributed by atoms with Gasteiger partial charge in [0.25, 0.3) is 0 Å². The Bertz CT molecular complexity index is 374. The SMILES string of the molecule is O=C(O)N(Cc1ccccc1)[C@H]1C[C@H](CO)C1. The van der Waals surface area contributed by atoms with Gasteiger partial charge in [0.05, 0.1) is 0 Å². The maximum Gasteiger partial charge on any atom is 0.407 e. The molecule has 17 heavy (non-hydrogen) atoms. The number of carboxylic acid groups (broad SMARTS) is 1. The lowest BCUT2D eigenvalue weighted by Gasteiger charge is -2.40. The molecule has 0 unspecified atom stereocenters. The molecule has 0 spiro atoms. The molecule has 1 saturated carbocycles. The Balaban J connectivity index is 1.97. The average Bonchev–Trinajstić information content (AvgIpc) is 2.27. The van der Waals surface area contributed by atoms with Gasteiger partial charge in [0, 0.05) is 19.2 Å². The predicted octanol–water partition coefficient (Wildman–Crippen LogP) is 1.94. The van der Waals surface area contributed by atoms with Gasteiger partial charge in [0.1, 0.15) is 0 Å². The van der Waals surface area contributed by atoms with Gasteiger partial charge in [-0.2, -0.15) is 0 Å². The monoisotopic (exact) mass is 235 g/mol. The van der Waals surface area contributed by atoms with Crippen molar-refractivity contribution < 1.29 is 15.0 Å². The minimum Gasteiger partial charge on any atom is -0.465 e. The lowest BCUT2D eigenvalue weighted by Crippen LogP contribution is -2.47. The Labute approximate surface area is 100 Å². The van der Waals surface area contributed by atoms with Crippen LogP contribution in [0.4, 0.5) is 4.79 Å². The second-order valence-corrected chi connectivity index (χ2v) is 4.57. The molecule has 4 nitrogen and oxygen atoms in total. The normalized spacial score (nSPS) is 22.9. The third-order valence-electron chi connectivity index (χ3n) is 3.35. The van der Waals surface area contributed by atoms with Crippen molar-refractivity contribution in [1.29, 1.82) is 0 Å². The van der Waals surface area contributed by atoms with Gasteiger partial charge in [0.2, 0.25) is 0 Å². The van der Waals surface area contributed by atoms with Crippen LogP contribution in [0.1, 0.15) is 18.4 Å². The van der Waals surface area contributed by atoms with E-state index in [1.807, 2.05) is 30.3 Å². The van der Waals surface area contributed by atoms with Gasteiger partial charge in [-0.1, -0.05) is 30.3 Å². The van der Waals surface area contributed by atoms with E-state index >= 15 is 0 Å². The van der Waals surface area contributed by atoms with Crippen molar-refractivity contribution in [2.24, 2.45) is 5.92 Å². The minimum atomic E-state index is -0.879. The zero-order valence-electron chi connectivity index (χ0n) is 9.62. The zero-order chi connectivity index (χ0) is 12.3. The molecular formula is C13H17NO3. The molecular weight excluding hydrogens is 218 g/mol. The van der Waals surface area contributed by atoms with Crippen LogP contribution >= 0.6 is 0 Å². The summed E-state index contributed by atoms with van der Waals surface area (Å²) in [6.45, 7) is 0.592. The van der Waals surface area contributed by atoms with Gasteiger partial charge in [-0.25, -0.2) is 4.79 Å². The fourth-order valence-corrected chi connectivity index (χ4v) is 2.24. The highest BCUT2D eigenvalue weighted by Crippen LogP contribution is 2.32. The maximum absolute atomic E-state index is 11.2. The Hall–Kier alpha value is -1.55. The molecule has 1 aliphatic rings. The number of carbonyl (C=O) groups is 1. The van der Waals surface area contributed by atoms with E-state index in [0.717, 1.165) is 18.4 Å². The molecule has 1 aliphatic carbocycles. The lowest BCUT2D eigenvalue weighted by molar-refractivity contribution is 0.0416. The van der Waals surface area contributed by atoms with E-state index in [1.54, 1.807) is 0 Å². The number of aliphatic hydroxyl groups is 1. The quantitative estimate of drug-likeness (QED) is 0.838. The highest BCUT2D eigenvalue weighted by molar-refractivity contribution is 5.65. The number of amides is 1. The van der Waals surface area contributed by atoms with Gasteiger partial charge in [-0.3, -0.25) is 0 Å². The summed E-state index contributed by atoms with van der Waals surface area (Å²) in [7, 11) is 0. The largest absolute Gasteiger partial charge is 0.465 e. The van der Waals surface area contributed by atoms with E-state index in [2.05, 4.69) is 0 Å². The zero-order valence-corrected chi connectivity index (χ0v) is 9.62. The van der Waals surface area contributed by atoms with Gasteiger partial charge in [-0.05, 0) is 24.3 Å². The smallest absolute Gasteiger partial charge is 0.407 e. The van der Waals surface area contributed by atoms with E-state index in [9.17, 15) is 9.90 Å². The van der Waals surface area contributed by atoms with Crippen molar-refractivity contribution in [2.45, 2.75) is 25.4 Å². The first-order valence-corrected chi connectivity index (χ1v) is 5.85. The van der Waals surface area contributed by atoms with Crippen molar-refractivity contribution in [3.05, 3.63) is 35.9 Å². The van der Waals surface area contributed by atoms with E-state index < -0.39 is 6.09 Å². The summed E-state index contributed by atoms with van der Waals surface area (Å²) in [5.74, 6) is 0.276. The fourth-order valence-electron chi connectivity index (χ4n) is 2.24. The van der Waals surface area contributed by atoms with Crippen LogP contribution in [0.5, 0.6) is 0 Å². The first-order chi connectivity index (χ1) is 8.20. The van der Waals surface area contributed by atoms with Crippen LogP contribution in [0.2, 0.25) is 0 Å². The summed E-state index contributed by atoms with van der Waals surface area (Å²) in [5.41, 5.74) is 1.00. The van der Waals surface area contributed by atoms with Crippen molar-refractivity contribution in [2.75, 3.05) is 6.61 Å². The molecule has 0 radical (unpaired) electrons. The lowest BCUT2D eigenvalue weighted by atomic mass is 9.80. The Kier molecular flexibility index (Phi) is 3.64. The Morgan fingerprint density at radius 2 is 1.94 bits per heavy atom. The van der Waals surface area contributed by atoms with E-state index in [1.165, 1.54) is 4.90 Å². The summed E-state index contributed by atoms with van der Waals surface area (Å²) in [6, 6.07) is 9.65. The summed E-state index contributed by atoms with van der Waals surface area (Å²) in [6.07, 6.45) is 0.667. The van der Waals surface area contributed by atoms with Crippen molar-refractivity contribution in [1.82, 2.24) is 4.90 Å². The molecule has 2 N–H and O–H groups in total. The fraction of sp³-hybridized carbons (Fsp3) is 0.462. The third kappa shape index (κ3) is 2.77. The molecule has 0 saturated heterocycles. The molecule has 1 amide bonds. The van der Waals surface area contributed by atoms with E-state index in [0.29, 0.717) is 6.54 Å². The maximum atomic E-state index is 11.2. The average molecular weight is 235 g/mol. The van der Waals surface area contributed by atoms with Crippen LogP contribution in [-0.2, 0) is 6.54 Å². The molecule has 0 heterocycles. The minimum absolute atomic E-state index is 0.0601. The van der Waals surface area contributed by atoms with Gasteiger partial charge < -0.3 is 15.1 Å². The molecule has 0 atom stereocenters. The summed E-state index contributed by atoms with van der Waals surface area (Å²) in [4.78, 5) is 12.7. The number of hydrogen-bond donors (Lipinski definition) is 2. The van der Waals surface area contributed by atoms with Crippen LogP contribution in [0.15, 0.2) is 30.3 Å². The molecule has 1 fully saturated rings. The van der Waals surface area contributed by atoms with Crippen molar-refractivity contribution in [3.8, 4) is 0 Å². The first-order valence-electron chi connectivity index (χ1n) is 5.85. The van der Waals surface area contributed by atoms with E-state index in [-0.39, 0.29) is 18.6 Å². The number of benzene rings is 1. The number of hydrogen-bond acceptors (Lipinski definition) is 2. The Morgan fingerprint density at radius 3 is 2.47 bits per heavy atom. The molecule has 2 rings (SSSR count). The summed E-state index contributed by atoms with van der Waals surface area (Å²) in [5, 5.41) is 18.1.